The van der Waals surface area contributed by atoms with E-state index in [0.29, 0.717) is 22.0 Å². The maximum Gasteiger partial charge on any atom is 0.340 e. The molecule has 0 aliphatic heterocycles. The lowest BCUT2D eigenvalue weighted by molar-refractivity contribution is 0.0527. The van der Waals surface area contributed by atoms with E-state index in [1.165, 1.54) is 13.1 Å². The highest BCUT2D eigenvalue weighted by molar-refractivity contribution is 6.14. The van der Waals surface area contributed by atoms with E-state index in [1.54, 1.807) is 55.5 Å². The van der Waals surface area contributed by atoms with Crippen LogP contribution in [0.3, 0.4) is 0 Å². The summed E-state index contributed by atoms with van der Waals surface area (Å²) in [6, 6.07) is 26.0. The fourth-order valence-electron chi connectivity index (χ4n) is 4.51. The molecule has 5 aromatic carbocycles. The molecule has 0 aliphatic rings. The van der Waals surface area contributed by atoms with E-state index >= 15 is 0 Å². The van der Waals surface area contributed by atoms with Gasteiger partial charge in [0.2, 0.25) is 0 Å². The molecule has 0 saturated heterocycles. The number of azo groups is 1. The highest BCUT2D eigenvalue weighted by atomic mass is 16.5. The second-order valence-electron chi connectivity index (χ2n) is 9.05. The summed E-state index contributed by atoms with van der Waals surface area (Å²) in [6.45, 7) is 1.89. The topological polar surface area (TPSA) is 129 Å². The zero-order valence-corrected chi connectivity index (χ0v) is 22.3. The Morgan fingerprint density at radius 3 is 2.34 bits per heavy atom. The normalized spacial score (nSPS) is 11.1. The summed E-state index contributed by atoms with van der Waals surface area (Å²) in [4.78, 5) is 38.3. The Bertz CT molecular complexity index is 1840. The third kappa shape index (κ3) is 5.46. The largest absolute Gasteiger partial charge is 0.505 e. The lowest BCUT2D eigenvalue weighted by atomic mass is 10.00. The van der Waals surface area contributed by atoms with E-state index in [2.05, 4.69) is 20.9 Å². The van der Waals surface area contributed by atoms with Gasteiger partial charge >= 0.3 is 5.97 Å². The van der Waals surface area contributed by atoms with Crippen LogP contribution in [-0.2, 0) is 4.74 Å². The molecule has 0 spiro atoms. The number of carbonyl (C=O) groups is 3. The number of aromatic hydroxyl groups is 1. The predicted molar refractivity (Wildman–Crippen MR) is 157 cm³/mol. The standard InChI is InChI=1S/C32H26N4O5/c1-3-41-32(40)24-12-6-7-13-27(24)35-36-28-23-16-15-20(30(38)33-2)17-21(23)18-25(29(28)37)31(39)34-26-14-8-10-19-9-4-5-11-22(19)26/h4-18,37H,3H2,1-2H3,(H,33,38)(H,34,39). The summed E-state index contributed by atoms with van der Waals surface area (Å²) in [5.74, 6) is -1.85. The van der Waals surface area contributed by atoms with Crippen molar-refractivity contribution in [3.63, 3.8) is 0 Å². The zero-order chi connectivity index (χ0) is 28.9. The minimum Gasteiger partial charge on any atom is -0.505 e. The molecule has 0 saturated carbocycles. The monoisotopic (exact) mass is 546 g/mol. The summed E-state index contributed by atoms with van der Waals surface area (Å²) in [5, 5.41) is 28.0. The highest BCUT2D eigenvalue weighted by Gasteiger charge is 2.21. The number of hydrogen-bond donors (Lipinski definition) is 3. The first-order chi connectivity index (χ1) is 19.9. The number of rotatable bonds is 7. The molecule has 0 bridgehead atoms. The van der Waals surface area contributed by atoms with Gasteiger partial charge in [0.1, 0.15) is 11.4 Å². The fourth-order valence-corrected chi connectivity index (χ4v) is 4.51. The van der Waals surface area contributed by atoms with Crippen LogP contribution in [0.5, 0.6) is 5.75 Å². The number of carbonyl (C=O) groups excluding carboxylic acids is 3. The second kappa shape index (κ2) is 11.7. The molecule has 3 N–H and O–H groups in total. The van der Waals surface area contributed by atoms with Crippen molar-refractivity contribution in [3.05, 3.63) is 108 Å². The van der Waals surface area contributed by atoms with E-state index in [9.17, 15) is 19.5 Å². The number of amides is 2. The average Bonchev–Trinajstić information content (AvgIpc) is 3.00. The lowest BCUT2D eigenvalue weighted by Gasteiger charge is -2.13. The van der Waals surface area contributed by atoms with Crippen molar-refractivity contribution in [3.8, 4) is 5.75 Å². The fraction of sp³-hybridized carbons (Fsp3) is 0.0938. The summed E-state index contributed by atoms with van der Waals surface area (Å²) in [5.41, 5.74) is 1.31. The van der Waals surface area contributed by atoms with Gasteiger partial charge in [0, 0.05) is 29.1 Å². The van der Waals surface area contributed by atoms with Crippen molar-refractivity contribution in [1.29, 1.82) is 0 Å². The van der Waals surface area contributed by atoms with Crippen LogP contribution in [0.25, 0.3) is 21.5 Å². The van der Waals surface area contributed by atoms with Crippen molar-refractivity contribution < 1.29 is 24.2 Å². The van der Waals surface area contributed by atoms with Crippen LogP contribution in [-0.4, -0.2) is 36.5 Å². The molecule has 9 nitrogen and oxygen atoms in total. The smallest absolute Gasteiger partial charge is 0.340 e. The number of ether oxygens (including phenoxy) is 1. The van der Waals surface area contributed by atoms with E-state index < -0.39 is 17.6 Å². The minimum atomic E-state index is -0.575. The number of nitrogens with zero attached hydrogens (tertiary/aromatic N) is 2. The van der Waals surface area contributed by atoms with E-state index in [1.807, 2.05) is 36.4 Å². The number of hydrogen-bond acceptors (Lipinski definition) is 7. The van der Waals surface area contributed by atoms with Gasteiger partial charge in [0.25, 0.3) is 11.8 Å². The van der Waals surface area contributed by atoms with Gasteiger partial charge in [0.15, 0.2) is 5.75 Å². The molecule has 204 valence electrons. The number of anilines is 1. The van der Waals surface area contributed by atoms with Gasteiger partial charge in [-0.3, -0.25) is 9.59 Å². The van der Waals surface area contributed by atoms with Gasteiger partial charge < -0.3 is 20.5 Å². The molecule has 0 unspecified atom stereocenters. The Kier molecular flexibility index (Phi) is 7.69. The average molecular weight is 547 g/mol. The highest BCUT2D eigenvalue weighted by Crippen LogP contribution is 2.40. The van der Waals surface area contributed by atoms with Gasteiger partial charge in [-0.1, -0.05) is 54.6 Å². The number of benzene rings is 5. The van der Waals surface area contributed by atoms with E-state index in [4.69, 9.17) is 4.74 Å². The summed E-state index contributed by atoms with van der Waals surface area (Å²) in [7, 11) is 1.52. The van der Waals surface area contributed by atoms with Crippen LogP contribution >= 0.6 is 0 Å². The Hall–Kier alpha value is -5.57. The van der Waals surface area contributed by atoms with Crippen LogP contribution in [0.4, 0.5) is 17.1 Å². The first-order valence-corrected chi connectivity index (χ1v) is 12.9. The molecule has 0 atom stereocenters. The maximum absolute atomic E-state index is 13.6. The maximum atomic E-state index is 13.6. The zero-order valence-electron chi connectivity index (χ0n) is 22.3. The van der Waals surface area contributed by atoms with Gasteiger partial charge in [-0.05, 0) is 54.1 Å². The molecule has 0 heterocycles. The molecule has 0 radical (unpaired) electrons. The molecule has 2 amide bonds. The molecule has 9 heteroatoms. The van der Waals surface area contributed by atoms with Gasteiger partial charge in [0.05, 0.1) is 17.7 Å². The van der Waals surface area contributed by atoms with Crippen molar-refractivity contribution in [1.82, 2.24) is 5.32 Å². The number of fused-ring (bicyclic) bond motifs is 2. The van der Waals surface area contributed by atoms with Crippen LogP contribution in [0.2, 0.25) is 0 Å². The van der Waals surface area contributed by atoms with Gasteiger partial charge in [-0.25, -0.2) is 4.79 Å². The Morgan fingerprint density at radius 1 is 0.780 bits per heavy atom. The number of nitrogens with one attached hydrogen (secondary N) is 2. The minimum absolute atomic E-state index is 0.00712. The SMILES string of the molecule is CCOC(=O)c1ccccc1N=Nc1c(O)c(C(=O)Nc2cccc3ccccc23)cc2cc(C(=O)NC)ccc12. The van der Waals surface area contributed by atoms with Crippen molar-refractivity contribution in [2.75, 3.05) is 19.0 Å². The van der Waals surface area contributed by atoms with Crippen LogP contribution in [0.15, 0.2) is 101 Å². The summed E-state index contributed by atoms with van der Waals surface area (Å²) < 4.78 is 5.12. The van der Waals surface area contributed by atoms with Crippen LogP contribution < -0.4 is 10.6 Å². The van der Waals surface area contributed by atoms with Crippen LogP contribution in [0.1, 0.15) is 38.0 Å². The third-order valence-electron chi connectivity index (χ3n) is 6.51. The molecule has 41 heavy (non-hydrogen) atoms. The Morgan fingerprint density at radius 2 is 1.54 bits per heavy atom. The van der Waals surface area contributed by atoms with Gasteiger partial charge in [-0.15, -0.1) is 10.2 Å². The molecule has 5 rings (SSSR count). The second-order valence-corrected chi connectivity index (χ2v) is 9.05. The molecular weight excluding hydrogens is 520 g/mol. The predicted octanol–water partition coefficient (Wildman–Crippen LogP) is 6.90. The van der Waals surface area contributed by atoms with Crippen molar-refractivity contribution >= 4 is 56.4 Å². The number of phenols is 1. The van der Waals surface area contributed by atoms with Crippen LogP contribution in [0, 0.1) is 0 Å². The molecule has 0 aromatic heterocycles. The van der Waals surface area contributed by atoms with Crippen molar-refractivity contribution in [2.45, 2.75) is 6.92 Å². The summed E-state index contributed by atoms with van der Waals surface area (Å²) in [6.07, 6.45) is 0. The van der Waals surface area contributed by atoms with E-state index in [0.717, 1.165) is 10.8 Å². The molecule has 5 aromatic rings. The number of phenolic OH excluding ortho intramolecular Hbond substituents is 1. The molecule has 0 fully saturated rings. The Labute approximate surface area is 235 Å². The third-order valence-corrected chi connectivity index (χ3v) is 6.51. The van der Waals surface area contributed by atoms with Crippen molar-refractivity contribution in [2.24, 2.45) is 10.2 Å². The lowest BCUT2D eigenvalue weighted by Crippen LogP contribution is -2.17. The summed E-state index contributed by atoms with van der Waals surface area (Å²) >= 11 is 0. The molecular formula is C32H26N4O5. The molecule has 0 aliphatic carbocycles. The first kappa shape index (κ1) is 27.0. The first-order valence-electron chi connectivity index (χ1n) is 12.9. The van der Waals surface area contributed by atoms with Gasteiger partial charge in [-0.2, -0.15) is 0 Å². The Balaban J connectivity index is 1.63. The van der Waals surface area contributed by atoms with E-state index in [-0.39, 0.29) is 35.0 Å². The quantitative estimate of drug-likeness (QED) is 0.151. The number of esters is 1.